The number of likely N-dealkylation sites (tertiary alicyclic amines) is 1. The van der Waals surface area contributed by atoms with Crippen LogP contribution in [0.25, 0.3) is 0 Å². The SMILES string of the molecule is O=C(CSCC(=O)N1CCCCC1)NC1CCC(C(=O)O)CC1. The van der Waals surface area contributed by atoms with Crippen LogP contribution in [0.4, 0.5) is 0 Å². The Balaban J connectivity index is 1.58. The minimum Gasteiger partial charge on any atom is -0.481 e. The number of carboxylic acid groups (broad SMARTS) is 1. The molecule has 1 aliphatic carbocycles. The third-order valence-electron chi connectivity index (χ3n) is 4.61. The lowest BCUT2D eigenvalue weighted by atomic mass is 9.86. The summed E-state index contributed by atoms with van der Waals surface area (Å²) in [6, 6.07) is 0.0801. The summed E-state index contributed by atoms with van der Waals surface area (Å²) in [7, 11) is 0. The second-order valence-corrected chi connectivity index (χ2v) is 7.37. The highest BCUT2D eigenvalue weighted by atomic mass is 32.2. The number of carbonyl (C=O) groups is 3. The van der Waals surface area contributed by atoms with E-state index in [9.17, 15) is 14.4 Å². The Labute approximate surface area is 141 Å². The Hall–Kier alpha value is -1.24. The van der Waals surface area contributed by atoms with Gasteiger partial charge in [-0.2, -0.15) is 0 Å². The molecule has 1 saturated heterocycles. The van der Waals surface area contributed by atoms with Crippen molar-refractivity contribution in [3.8, 4) is 0 Å². The molecule has 130 valence electrons. The Morgan fingerprint density at radius 1 is 1.00 bits per heavy atom. The molecule has 2 N–H and O–H groups in total. The third kappa shape index (κ3) is 6.05. The highest BCUT2D eigenvalue weighted by molar-refractivity contribution is 8.00. The van der Waals surface area contributed by atoms with Gasteiger partial charge in [-0.3, -0.25) is 14.4 Å². The summed E-state index contributed by atoms with van der Waals surface area (Å²) < 4.78 is 0. The molecular formula is C16H26N2O4S. The van der Waals surface area contributed by atoms with Gasteiger partial charge >= 0.3 is 5.97 Å². The van der Waals surface area contributed by atoms with Crippen LogP contribution in [0, 0.1) is 5.92 Å². The van der Waals surface area contributed by atoms with E-state index in [2.05, 4.69) is 5.32 Å². The fourth-order valence-electron chi connectivity index (χ4n) is 3.22. The highest BCUT2D eigenvalue weighted by Gasteiger charge is 2.26. The van der Waals surface area contributed by atoms with Gasteiger partial charge in [0.2, 0.25) is 11.8 Å². The van der Waals surface area contributed by atoms with Gasteiger partial charge in [0.15, 0.2) is 0 Å². The maximum absolute atomic E-state index is 12.0. The van der Waals surface area contributed by atoms with Gasteiger partial charge < -0.3 is 15.3 Å². The van der Waals surface area contributed by atoms with Crippen LogP contribution in [0.3, 0.4) is 0 Å². The molecule has 2 fully saturated rings. The van der Waals surface area contributed by atoms with E-state index < -0.39 is 5.97 Å². The average molecular weight is 342 g/mol. The van der Waals surface area contributed by atoms with Gasteiger partial charge in [-0.1, -0.05) is 0 Å². The van der Waals surface area contributed by atoms with Crippen LogP contribution in [0.15, 0.2) is 0 Å². The normalized spacial score (nSPS) is 25.0. The highest BCUT2D eigenvalue weighted by Crippen LogP contribution is 2.24. The van der Waals surface area contributed by atoms with E-state index in [4.69, 9.17) is 5.11 Å². The molecule has 2 rings (SSSR count). The number of hydrogen-bond donors (Lipinski definition) is 2. The van der Waals surface area contributed by atoms with Crippen LogP contribution in [0.2, 0.25) is 0 Å². The molecule has 0 radical (unpaired) electrons. The largest absolute Gasteiger partial charge is 0.481 e. The quantitative estimate of drug-likeness (QED) is 0.764. The van der Waals surface area contributed by atoms with E-state index in [0.29, 0.717) is 24.3 Å². The van der Waals surface area contributed by atoms with Crippen molar-refractivity contribution in [2.45, 2.75) is 51.0 Å². The first-order chi connectivity index (χ1) is 11.1. The molecule has 23 heavy (non-hydrogen) atoms. The molecule has 0 atom stereocenters. The maximum atomic E-state index is 12.0. The Morgan fingerprint density at radius 3 is 2.26 bits per heavy atom. The van der Waals surface area contributed by atoms with Gasteiger partial charge in [-0.25, -0.2) is 0 Å². The summed E-state index contributed by atoms with van der Waals surface area (Å²) in [5, 5.41) is 11.9. The maximum Gasteiger partial charge on any atom is 0.306 e. The van der Waals surface area contributed by atoms with Gasteiger partial charge in [0.1, 0.15) is 0 Å². The topological polar surface area (TPSA) is 86.7 Å². The number of nitrogens with zero attached hydrogens (tertiary/aromatic N) is 1. The van der Waals surface area contributed by atoms with E-state index in [0.717, 1.165) is 38.8 Å². The van der Waals surface area contributed by atoms with Gasteiger partial charge in [-0.15, -0.1) is 11.8 Å². The fraction of sp³-hybridized carbons (Fsp3) is 0.812. The molecule has 0 aromatic rings. The lowest BCUT2D eigenvalue weighted by Crippen LogP contribution is -2.40. The van der Waals surface area contributed by atoms with Crippen molar-refractivity contribution in [3.05, 3.63) is 0 Å². The van der Waals surface area contributed by atoms with Crippen LogP contribution in [0.1, 0.15) is 44.9 Å². The van der Waals surface area contributed by atoms with Crippen LogP contribution in [0.5, 0.6) is 0 Å². The summed E-state index contributed by atoms with van der Waals surface area (Å²) in [4.78, 5) is 36.7. The average Bonchev–Trinajstić information content (AvgIpc) is 2.56. The summed E-state index contributed by atoms with van der Waals surface area (Å²) in [6.07, 6.45) is 6.05. The van der Waals surface area contributed by atoms with E-state index in [-0.39, 0.29) is 23.8 Å². The third-order valence-corrected chi connectivity index (χ3v) is 5.53. The number of aliphatic carboxylic acids is 1. The summed E-state index contributed by atoms with van der Waals surface area (Å²) in [5.41, 5.74) is 0. The van der Waals surface area contributed by atoms with Crippen molar-refractivity contribution in [2.24, 2.45) is 5.92 Å². The van der Waals surface area contributed by atoms with Crippen LogP contribution < -0.4 is 5.32 Å². The first-order valence-corrected chi connectivity index (χ1v) is 9.59. The van der Waals surface area contributed by atoms with Crippen LogP contribution >= 0.6 is 11.8 Å². The zero-order valence-electron chi connectivity index (χ0n) is 13.5. The molecule has 2 amide bonds. The zero-order chi connectivity index (χ0) is 16.7. The first-order valence-electron chi connectivity index (χ1n) is 8.44. The van der Waals surface area contributed by atoms with Crippen molar-refractivity contribution in [1.29, 1.82) is 0 Å². The molecule has 7 heteroatoms. The lowest BCUT2D eigenvalue weighted by Gasteiger charge is -2.27. The van der Waals surface area contributed by atoms with Crippen molar-refractivity contribution >= 4 is 29.5 Å². The molecule has 2 aliphatic rings. The Bertz CT molecular complexity index is 430. The smallest absolute Gasteiger partial charge is 0.306 e. The van der Waals surface area contributed by atoms with Crippen molar-refractivity contribution in [1.82, 2.24) is 10.2 Å². The number of hydrogen-bond acceptors (Lipinski definition) is 4. The first kappa shape index (κ1) is 18.1. The van der Waals surface area contributed by atoms with Crippen molar-refractivity contribution in [2.75, 3.05) is 24.6 Å². The Kier molecular flexibility index (Phi) is 7.20. The minimum atomic E-state index is -0.735. The molecule has 0 aromatic carbocycles. The molecule has 0 unspecified atom stereocenters. The van der Waals surface area contributed by atoms with Crippen LogP contribution in [-0.2, 0) is 14.4 Å². The van der Waals surface area contributed by atoms with Gasteiger partial charge in [0, 0.05) is 19.1 Å². The second kappa shape index (κ2) is 9.15. The fourth-order valence-corrected chi connectivity index (χ4v) is 3.95. The molecule has 1 aliphatic heterocycles. The van der Waals surface area contributed by atoms with Crippen molar-refractivity contribution in [3.63, 3.8) is 0 Å². The van der Waals surface area contributed by atoms with E-state index in [1.807, 2.05) is 4.90 Å². The second-order valence-electron chi connectivity index (χ2n) is 6.39. The van der Waals surface area contributed by atoms with Gasteiger partial charge in [0.25, 0.3) is 0 Å². The number of nitrogens with one attached hydrogen (secondary N) is 1. The van der Waals surface area contributed by atoms with E-state index >= 15 is 0 Å². The molecule has 1 heterocycles. The molecule has 0 aromatic heterocycles. The van der Waals surface area contributed by atoms with Crippen LogP contribution in [-0.4, -0.2) is 58.4 Å². The standard InChI is InChI=1S/C16H26N2O4S/c19-14(17-13-6-4-12(5-7-13)16(21)22)10-23-11-15(20)18-8-2-1-3-9-18/h12-13H,1-11H2,(H,17,19)(H,21,22). The molecular weight excluding hydrogens is 316 g/mol. The zero-order valence-corrected chi connectivity index (χ0v) is 14.3. The molecule has 0 bridgehead atoms. The predicted octanol–water partition coefficient (Wildman–Crippen LogP) is 1.49. The number of carboxylic acids is 1. The van der Waals surface area contributed by atoms with Crippen molar-refractivity contribution < 1.29 is 19.5 Å². The summed E-state index contributed by atoms with van der Waals surface area (Å²) in [5.74, 6) is -0.275. The number of thioether (sulfide) groups is 1. The number of piperidine rings is 1. The minimum absolute atomic E-state index is 0.0554. The monoisotopic (exact) mass is 342 g/mol. The Morgan fingerprint density at radius 2 is 1.65 bits per heavy atom. The van der Waals surface area contributed by atoms with Gasteiger partial charge in [0.05, 0.1) is 17.4 Å². The number of carbonyl (C=O) groups excluding carboxylic acids is 2. The van der Waals surface area contributed by atoms with E-state index in [1.165, 1.54) is 18.2 Å². The lowest BCUT2D eigenvalue weighted by molar-refractivity contribution is -0.142. The summed E-state index contributed by atoms with van der Waals surface area (Å²) >= 11 is 1.36. The van der Waals surface area contributed by atoms with E-state index in [1.54, 1.807) is 0 Å². The molecule has 0 spiro atoms. The summed E-state index contributed by atoms with van der Waals surface area (Å²) in [6.45, 7) is 1.69. The molecule has 1 saturated carbocycles. The predicted molar refractivity (Wildman–Crippen MR) is 89.3 cm³/mol. The van der Waals surface area contributed by atoms with Gasteiger partial charge in [-0.05, 0) is 44.9 Å². The molecule has 6 nitrogen and oxygen atoms in total. The number of amides is 2. The number of rotatable bonds is 6.